The molecule has 2 aliphatic rings. The molecule has 0 saturated heterocycles. The molecule has 0 heterocycles. The van der Waals surface area contributed by atoms with E-state index in [1.165, 1.54) is 110 Å². The fraction of sp³-hybridized carbons (Fsp3) is 0.111. The van der Waals surface area contributed by atoms with Crippen LogP contribution in [0.5, 0.6) is 0 Å². The van der Waals surface area contributed by atoms with Crippen LogP contribution in [0.1, 0.15) is 49.9 Å². The summed E-state index contributed by atoms with van der Waals surface area (Å²) in [5.41, 5.74) is 18.8. The Labute approximate surface area is 317 Å². The zero-order valence-electron chi connectivity index (χ0n) is 31.2. The first kappa shape index (κ1) is 31.3. The van der Waals surface area contributed by atoms with Crippen LogP contribution in [0, 0.1) is 0 Å². The van der Waals surface area contributed by atoms with Gasteiger partial charge in [0.15, 0.2) is 0 Å². The molecule has 9 aromatic rings. The minimum atomic E-state index is -0.132. The van der Waals surface area contributed by atoms with Gasteiger partial charge in [0.05, 0.1) is 0 Å². The molecule has 9 aromatic carbocycles. The minimum Gasteiger partial charge on any atom is -0.0619 e. The molecule has 0 atom stereocenters. The predicted molar refractivity (Wildman–Crippen MR) is 230 cm³/mol. The number of rotatable bonds is 3. The molecule has 0 heteroatoms. The lowest BCUT2D eigenvalue weighted by molar-refractivity contribution is 0.601. The van der Waals surface area contributed by atoms with E-state index in [0.29, 0.717) is 0 Å². The van der Waals surface area contributed by atoms with Gasteiger partial charge in [-0.1, -0.05) is 185 Å². The Bertz CT molecular complexity index is 2980. The SMILES string of the molecule is CC1(C)c2ccccc2-c2ccc3c(c21)C(C)(C)c1cc(-c2cccc(-c4c5ccccc5c(-c5cccc6ccccc56)c5ccccc45)c2)ccc1-3. The standard InChI is InChI=1S/C54H40/c1-53(2)47-26-12-11-20-38(47)45-29-30-46-39-28-27-35(32-48(39)54(3,4)52(46)51(45)53)34-17-13-18-36(31-34)49-41-21-7-9-23-43(41)50(44-24-10-8-22-42(44)49)40-25-14-16-33-15-5-6-19-37(33)40/h5-32H,1-4H3. The second-order valence-electron chi connectivity index (χ2n) is 16.4. The Balaban J connectivity index is 1.08. The number of hydrogen-bond donors (Lipinski definition) is 0. The lowest BCUT2D eigenvalue weighted by Gasteiger charge is -2.30. The highest BCUT2D eigenvalue weighted by atomic mass is 14.5. The van der Waals surface area contributed by atoms with E-state index in [2.05, 4.69) is 198 Å². The van der Waals surface area contributed by atoms with Crippen molar-refractivity contribution in [2.45, 2.75) is 38.5 Å². The molecule has 0 unspecified atom stereocenters. The minimum absolute atomic E-state index is 0.0531. The van der Waals surface area contributed by atoms with E-state index in [-0.39, 0.29) is 10.8 Å². The van der Waals surface area contributed by atoms with Gasteiger partial charge in [-0.25, -0.2) is 0 Å². The summed E-state index contributed by atoms with van der Waals surface area (Å²) < 4.78 is 0. The van der Waals surface area contributed by atoms with E-state index in [4.69, 9.17) is 0 Å². The molecule has 2 aliphatic carbocycles. The van der Waals surface area contributed by atoms with Gasteiger partial charge in [-0.3, -0.25) is 0 Å². The largest absolute Gasteiger partial charge is 0.0619 e. The van der Waals surface area contributed by atoms with E-state index < -0.39 is 0 Å². The van der Waals surface area contributed by atoms with Crippen LogP contribution in [-0.4, -0.2) is 0 Å². The summed E-state index contributed by atoms with van der Waals surface area (Å²) >= 11 is 0. The molecule has 11 rings (SSSR count). The third-order valence-electron chi connectivity index (χ3n) is 12.8. The maximum Gasteiger partial charge on any atom is 0.0162 e. The summed E-state index contributed by atoms with van der Waals surface area (Å²) in [6, 6.07) is 63.7. The van der Waals surface area contributed by atoms with Gasteiger partial charge in [0.1, 0.15) is 0 Å². The van der Waals surface area contributed by atoms with Crippen molar-refractivity contribution in [3.8, 4) is 55.6 Å². The zero-order valence-corrected chi connectivity index (χ0v) is 31.2. The molecule has 0 fully saturated rings. The Morgan fingerprint density at radius 1 is 0.296 bits per heavy atom. The number of hydrogen-bond acceptors (Lipinski definition) is 0. The summed E-state index contributed by atoms with van der Waals surface area (Å²) in [5.74, 6) is 0. The first-order valence-electron chi connectivity index (χ1n) is 19.3. The fourth-order valence-electron chi connectivity index (χ4n) is 10.4. The van der Waals surface area contributed by atoms with E-state index in [1.807, 2.05) is 0 Å². The Morgan fingerprint density at radius 3 is 1.46 bits per heavy atom. The molecule has 0 aliphatic heterocycles. The lowest BCUT2D eigenvalue weighted by atomic mass is 9.72. The second-order valence-corrected chi connectivity index (χ2v) is 16.4. The average molecular weight is 689 g/mol. The monoisotopic (exact) mass is 688 g/mol. The van der Waals surface area contributed by atoms with Gasteiger partial charge in [0, 0.05) is 10.8 Å². The lowest BCUT2D eigenvalue weighted by Crippen LogP contribution is -2.24. The molecule has 0 spiro atoms. The van der Waals surface area contributed by atoms with Crippen LogP contribution in [0.3, 0.4) is 0 Å². The topological polar surface area (TPSA) is 0 Å². The van der Waals surface area contributed by atoms with E-state index >= 15 is 0 Å². The summed E-state index contributed by atoms with van der Waals surface area (Å²) in [5, 5.41) is 7.66. The maximum atomic E-state index is 2.48. The van der Waals surface area contributed by atoms with E-state index in [9.17, 15) is 0 Å². The van der Waals surface area contributed by atoms with Gasteiger partial charge in [0.25, 0.3) is 0 Å². The molecular weight excluding hydrogens is 649 g/mol. The van der Waals surface area contributed by atoms with Gasteiger partial charge in [-0.2, -0.15) is 0 Å². The van der Waals surface area contributed by atoms with Crippen molar-refractivity contribution in [2.75, 3.05) is 0 Å². The van der Waals surface area contributed by atoms with Crippen molar-refractivity contribution in [1.29, 1.82) is 0 Å². The van der Waals surface area contributed by atoms with Crippen LogP contribution in [0.4, 0.5) is 0 Å². The van der Waals surface area contributed by atoms with E-state index in [0.717, 1.165) is 0 Å². The average Bonchev–Trinajstić information content (AvgIpc) is 3.58. The van der Waals surface area contributed by atoms with Crippen LogP contribution in [0.15, 0.2) is 170 Å². The first-order valence-corrected chi connectivity index (χ1v) is 19.3. The molecule has 0 nitrogen and oxygen atoms in total. The van der Waals surface area contributed by atoms with Gasteiger partial charge in [-0.15, -0.1) is 0 Å². The van der Waals surface area contributed by atoms with Gasteiger partial charge in [0.2, 0.25) is 0 Å². The highest BCUT2D eigenvalue weighted by molar-refractivity contribution is 6.23. The molecule has 0 aromatic heterocycles. The summed E-state index contributed by atoms with van der Waals surface area (Å²) in [6.07, 6.45) is 0. The predicted octanol–water partition coefficient (Wildman–Crippen LogP) is 14.8. The molecule has 0 bridgehead atoms. The van der Waals surface area contributed by atoms with Crippen LogP contribution in [-0.2, 0) is 10.8 Å². The summed E-state index contributed by atoms with van der Waals surface area (Å²) in [7, 11) is 0. The maximum absolute atomic E-state index is 2.48. The Hall–Kier alpha value is -6.24. The molecule has 0 radical (unpaired) electrons. The normalized spacial score (nSPS) is 14.6. The number of benzene rings is 9. The fourth-order valence-corrected chi connectivity index (χ4v) is 10.4. The van der Waals surface area contributed by atoms with Crippen molar-refractivity contribution < 1.29 is 0 Å². The smallest absolute Gasteiger partial charge is 0.0162 e. The Morgan fingerprint density at radius 2 is 0.759 bits per heavy atom. The van der Waals surface area contributed by atoms with Crippen LogP contribution >= 0.6 is 0 Å². The third kappa shape index (κ3) is 4.20. The quantitative estimate of drug-likeness (QED) is 0.162. The van der Waals surface area contributed by atoms with Crippen LogP contribution < -0.4 is 0 Å². The summed E-state index contributed by atoms with van der Waals surface area (Å²) in [6.45, 7) is 9.70. The highest BCUT2D eigenvalue weighted by Crippen LogP contribution is 2.59. The summed E-state index contributed by atoms with van der Waals surface area (Å²) in [4.78, 5) is 0. The third-order valence-corrected chi connectivity index (χ3v) is 12.8. The molecular formula is C54H40. The van der Waals surface area contributed by atoms with Crippen LogP contribution in [0.25, 0.3) is 88.0 Å². The number of fused-ring (bicyclic) bond motifs is 10. The molecule has 54 heavy (non-hydrogen) atoms. The molecule has 0 saturated carbocycles. The second kappa shape index (κ2) is 11.1. The van der Waals surface area contributed by atoms with E-state index in [1.54, 1.807) is 0 Å². The van der Waals surface area contributed by atoms with Crippen molar-refractivity contribution in [3.63, 3.8) is 0 Å². The molecule has 256 valence electrons. The van der Waals surface area contributed by atoms with Gasteiger partial charge < -0.3 is 0 Å². The Kier molecular flexibility index (Phi) is 6.46. The van der Waals surface area contributed by atoms with Crippen molar-refractivity contribution in [1.82, 2.24) is 0 Å². The highest BCUT2D eigenvalue weighted by Gasteiger charge is 2.45. The van der Waals surface area contributed by atoms with Gasteiger partial charge in [-0.05, 0) is 122 Å². The molecule has 0 amide bonds. The van der Waals surface area contributed by atoms with Gasteiger partial charge >= 0.3 is 0 Å². The van der Waals surface area contributed by atoms with Crippen molar-refractivity contribution in [2.24, 2.45) is 0 Å². The van der Waals surface area contributed by atoms with Crippen LogP contribution in [0.2, 0.25) is 0 Å². The molecule has 0 N–H and O–H groups in total. The first-order chi connectivity index (χ1) is 26.3. The van der Waals surface area contributed by atoms with Crippen molar-refractivity contribution in [3.05, 3.63) is 192 Å². The zero-order chi connectivity index (χ0) is 36.3. The van der Waals surface area contributed by atoms with Crippen molar-refractivity contribution >= 4 is 32.3 Å².